The van der Waals surface area contributed by atoms with Gasteiger partial charge >= 0.3 is 5.97 Å². The van der Waals surface area contributed by atoms with E-state index in [9.17, 15) is 4.79 Å². The number of aromatic nitrogens is 2. The van der Waals surface area contributed by atoms with Gasteiger partial charge in [-0.2, -0.15) is 0 Å². The summed E-state index contributed by atoms with van der Waals surface area (Å²) >= 11 is 0. The van der Waals surface area contributed by atoms with E-state index in [4.69, 9.17) is 5.11 Å². The fraction of sp³-hybridized carbons (Fsp3) is 0.333. The maximum atomic E-state index is 11.0. The number of halogens is 1. The van der Waals surface area contributed by atoms with E-state index in [1.165, 1.54) is 0 Å². The Morgan fingerprint density at radius 2 is 2.00 bits per heavy atom. The molecule has 0 radical (unpaired) electrons. The van der Waals surface area contributed by atoms with Crippen LogP contribution in [-0.2, 0) is 5.41 Å². The molecule has 2 rings (SSSR count). The Morgan fingerprint density at radius 1 is 1.35 bits per heavy atom. The average molecular weight is 255 g/mol. The molecule has 0 saturated carbocycles. The highest BCUT2D eigenvalue weighted by Crippen LogP contribution is 2.24. The Hall–Kier alpha value is -1.55. The van der Waals surface area contributed by atoms with Gasteiger partial charge in [0.25, 0.3) is 0 Å². The van der Waals surface area contributed by atoms with Crippen molar-refractivity contribution in [2.24, 2.45) is 0 Å². The summed E-state index contributed by atoms with van der Waals surface area (Å²) in [5.74, 6) is -0.145. The second kappa shape index (κ2) is 4.37. The molecule has 0 aliphatic rings. The number of H-pyrrole nitrogens is 1. The molecule has 0 aliphatic carbocycles. The lowest BCUT2D eigenvalue weighted by Gasteiger charge is -2.13. The number of fused-ring (bicyclic) bond motifs is 1. The van der Waals surface area contributed by atoms with Crippen LogP contribution in [0.25, 0.3) is 11.0 Å². The molecular weight excluding hydrogens is 240 g/mol. The molecule has 1 aromatic carbocycles. The van der Waals surface area contributed by atoms with Gasteiger partial charge in [0.1, 0.15) is 11.3 Å². The van der Waals surface area contributed by atoms with Crippen LogP contribution in [0.2, 0.25) is 0 Å². The monoisotopic (exact) mass is 254 g/mol. The highest BCUT2D eigenvalue weighted by molar-refractivity contribution is 6.00. The van der Waals surface area contributed by atoms with Crippen LogP contribution in [0, 0.1) is 0 Å². The number of carboxylic acid groups (broad SMARTS) is 1. The molecule has 0 bridgehead atoms. The number of para-hydroxylation sites is 1. The summed E-state index contributed by atoms with van der Waals surface area (Å²) in [7, 11) is 0. The lowest BCUT2D eigenvalue weighted by molar-refractivity contribution is 0.0699. The zero-order valence-electron chi connectivity index (χ0n) is 9.94. The quantitative estimate of drug-likeness (QED) is 0.822. The topological polar surface area (TPSA) is 66.0 Å². The highest BCUT2D eigenvalue weighted by Gasteiger charge is 2.20. The van der Waals surface area contributed by atoms with Crippen molar-refractivity contribution in [3.8, 4) is 0 Å². The lowest BCUT2D eigenvalue weighted by atomic mass is 9.96. The molecule has 1 aromatic heterocycles. The van der Waals surface area contributed by atoms with E-state index in [0.29, 0.717) is 5.52 Å². The smallest absolute Gasteiger partial charge is 0.337 e. The molecule has 0 atom stereocenters. The summed E-state index contributed by atoms with van der Waals surface area (Å²) in [6.07, 6.45) is 0. The summed E-state index contributed by atoms with van der Waals surface area (Å²) in [5.41, 5.74) is 1.42. The van der Waals surface area contributed by atoms with Crippen molar-refractivity contribution < 1.29 is 9.90 Å². The number of nitrogens with one attached hydrogen (secondary N) is 1. The fourth-order valence-corrected chi connectivity index (χ4v) is 1.56. The minimum absolute atomic E-state index is 0. The maximum absolute atomic E-state index is 11.0. The first-order chi connectivity index (χ1) is 7.39. The third-order valence-corrected chi connectivity index (χ3v) is 2.45. The molecule has 1 heterocycles. The third-order valence-electron chi connectivity index (χ3n) is 2.45. The SMILES string of the molecule is CC(C)(C)c1nc2c(C(=O)O)cccc2[nH]1.Cl. The summed E-state index contributed by atoms with van der Waals surface area (Å²) in [6, 6.07) is 5.12. The van der Waals surface area contributed by atoms with Gasteiger partial charge in [0.2, 0.25) is 0 Å². The molecule has 0 fully saturated rings. The molecule has 0 unspecified atom stereocenters. The number of aromatic amines is 1. The van der Waals surface area contributed by atoms with E-state index in [2.05, 4.69) is 9.97 Å². The number of aromatic carboxylic acids is 1. The second-order valence-corrected chi connectivity index (χ2v) is 4.84. The maximum Gasteiger partial charge on any atom is 0.337 e. The van der Waals surface area contributed by atoms with Gasteiger partial charge in [-0.15, -0.1) is 12.4 Å². The zero-order chi connectivity index (χ0) is 11.9. The molecule has 2 aromatic rings. The van der Waals surface area contributed by atoms with E-state index in [0.717, 1.165) is 11.3 Å². The molecule has 17 heavy (non-hydrogen) atoms. The van der Waals surface area contributed by atoms with Gasteiger partial charge in [-0.25, -0.2) is 9.78 Å². The fourth-order valence-electron chi connectivity index (χ4n) is 1.56. The Balaban J connectivity index is 0.00000144. The number of benzene rings is 1. The molecule has 92 valence electrons. The van der Waals surface area contributed by atoms with Crippen LogP contribution in [0.3, 0.4) is 0 Å². The van der Waals surface area contributed by atoms with Crippen molar-refractivity contribution in [2.45, 2.75) is 26.2 Å². The van der Waals surface area contributed by atoms with Crippen LogP contribution >= 0.6 is 12.4 Å². The molecule has 0 saturated heterocycles. The Bertz CT molecular complexity index is 555. The molecule has 0 spiro atoms. The number of nitrogens with zero attached hydrogens (tertiary/aromatic N) is 1. The first-order valence-electron chi connectivity index (χ1n) is 5.12. The Kier molecular flexibility index (Phi) is 3.48. The van der Waals surface area contributed by atoms with Gasteiger partial charge in [0.05, 0.1) is 11.1 Å². The summed E-state index contributed by atoms with van der Waals surface area (Å²) < 4.78 is 0. The number of carboxylic acids is 1. The van der Waals surface area contributed by atoms with Crippen molar-refractivity contribution in [3.05, 3.63) is 29.6 Å². The van der Waals surface area contributed by atoms with Crippen molar-refractivity contribution in [1.82, 2.24) is 9.97 Å². The van der Waals surface area contributed by atoms with Crippen LogP contribution < -0.4 is 0 Å². The van der Waals surface area contributed by atoms with E-state index in [1.54, 1.807) is 12.1 Å². The predicted octanol–water partition coefficient (Wildman–Crippen LogP) is 2.98. The van der Waals surface area contributed by atoms with E-state index in [1.807, 2.05) is 26.8 Å². The number of hydrogen-bond acceptors (Lipinski definition) is 2. The number of imidazole rings is 1. The Morgan fingerprint density at radius 3 is 2.53 bits per heavy atom. The second-order valence-electron chi connectivity index (χ2n) is 4.84. The average Bonchev–Trinajstić information content (AvgIpc) is 2.59. The van der Waals surface area contributed by atoms with Crippen molar-refractivity contribution in [1.29, 1.82) is 0 Å². The third kappa shape index (κ3) is 2.42. The van der Waals surface area contributed by atoms with E-state index >= 15 is 0 Å². The summed E-state index contributed by atoms with van der Waals surface area (Å²) in [4.78, 5) is 18.5. The number of rotatable bonds is 1. The number of carbonyl (C=O) groups is 1. The highest BCUT2D eigenvalue weighted by atomic mass is 35.5. The van der Waals surface area contributed by atoms with Crippen LogP contribution in [0.1, 0.15) is 37.0 Å². The minimum Gasteiger partial charge on any atom is -0.478 e. The first-order valence-corrected chi connectivity index (χ1v) is 5.12. The zero-order valence-corrected chi connectivity index (χ0v) is 10.8. The Labute approximate surface area is 105 Å². The minimum atomic E-state index is -0.947. The molecule has 0 amide bonds. The normalized spacial score (nSPS) is 11.2. The summed E-state index contributed by atoms with van der Waals surface area (Å²) in [5, 5.41) is 9.04. The first kappa shape index (κ1) is 13.5. The van der Waals surface area contributed by atoms with Gasteiger partial charge in [0.15, 0.2) is 0 Å². The van der Waals surface area contributed by atoms with Gasteiger partial charge in [0, 0.05) is 5.41 Å². The molecule has 0 aliphatic heterocycles. The molecular formula is C12H15ClN2O2. The van der Waals surface area contributed by atoms with Crippen molar-refractivity contribution in [3.63, 3.8) is 0 Å². The van der Waals surface area contributed by atoms with Gasteiger partial charge < -0.3 is 10.1 Å². The van der Waals surface area contributed by atoms with Gasteiger partial charge in [-0.05, 0) is 12.1 Å². The van der Waals surface area contributed by atoms with Gasteiger partial charge in [-0.3, -0.25) is 0 Å². The molecule has 5 heteroatoms. The van der Waals surface area contributed by atoms with Crippen LogP contribution in [0.15, 0.2) is 18.2 Å². The summed E-state index contributed by atoms with van der Waals surface area (Å²) in [6.45, 7) is 6.10. The van der Waals surface area contributed by atoms with Crippen molar-refractivity contribution in [2.75, 3.05) is 0 Å². The van der Waals surface area contributed by atoms with E-state index < -0.39 is 5.97 Å². The number of hydrogen-bond donors (Lipinski definition) is 2. The predicted molar refractivity (Wildman–Crippen MR) is 69.0 cm³/mol. The largest absolute Gasteiger partial charge is 0.478 e. The van der Waals surface area contributed by atoms with Crippen LogP contribution in [0.4, 0.5) is 0 Å². The molecule has 4 nitrogen and oxygen atoms in total. The standard InChI is InChI=1S/C12H14N2O2.ClH/c1-12(2,3)11-13-8-6-4-5-7(10(15)16)9(8)14-11;/h4-6H,1-3H3,(H,13,14)(H,15,16);1H. The molecule has 2 N–H and O–H groups in total. The van der Waals surface area contributed by atoms with E-state index in [-0.39, 0.29) is 23.4 Å². The van der Waals surface area contributed by atoms with Crippen molar-refractivity contribution >= 4 is 29.4 Å². The van der Waals surface area contributed by atoms with Crippen LogP contribution in [0.5, 0.6) is 0 Å². The van der Waals surface area contributed by atoms with Crippen LogP contribution in [-0.4, -0.2) is 21.0 Å². The lowest BCUT2D eigenvalue weighted by Crippen LogP contribution is -2.13. The van der Waals surface area contributed by atoms with Gasteiger partial charge in [-0.1, -0.05) is 26.8 Å².